The Labute approximate surface area is 207 Å². The van der Waals surface area contributed by atoms with Crippen LogP contribution in [0.5, 0.6) is 11.5 Å². The summed E-state index contributed by atoms with van der Waals surface area (Å²) in [6.07, 6.45) is 2.14. The average Bonchev–Trinajstić information content (AvgIpc) is 2.81. The second kappa shape index (κ2) is 13.3. The van der Waals surface area contributed by atoms with Gasteiger partial charge >= 0.3 is 0 Å². The number of methoxy groups -OCH3 is 2. The van der Waals surface area contributed by atoms with Gasteiger partial charge in [-0.2, -0.15) is 0 Å². The van der Waals surface area contributed by atoms with E-state index in [1.165, 1.54) is 0 Å². The number of nitrogens with zero attached hydrogens (tertiary/aromatic N) is 3. The summed E-state index contributed by atoms with van der Waals surface area (Å²) in [6.45, 7) is 8.58. The molecule has 8 nitrogen and oxygen atoms in total. The van der Waals surface area contributed by atoms with E-state index in [9.17, 15) is 0 Å². The lowest BCUT2D eigenvalue weighted by Crippen LogP contribution is -2.41. The number of hydrogen-bond acceptors (Lipinski definition) is 6. The molecule has 3 rings (SSSR count). The lowest BCUT2D eigenvalue weighted by atomic mass is 10.2. The molecule has 1 aromatic heterocycles. The summed E-state index contributed by atoms with van der Waals surface area (Å²) in [4.78, 5) is 11.6. The Bertz CT molecular complexity index is 863. The molecule has 1 aliphatic heterocycles. The number of anilines is 1. The van der Waals surface area contributed by atoms with Gasteiger partial charge in [-0.15, -0.1) is 24.0 Å². The first-order valence-electron chi connectivity index (χ1n) is 10.7. The number of benzene rings is 1. The lowest BCUT2D eigenvalue weighted by molar-refractivity contribution is 0.0529. The summed E-state index contributed by atoms with van der Waals surface area (Å²) in [5.41, 5.74) is 2.14. The van der Waals surface area contributed by atoms with Gasteiger partial charge in [0.25, 0.3) is 0 Å². The second-order valence-corrected chi connectivity index (χ2v) is 7.39. The summed E-state index contributed by atoms with van der Waals surface area (Å²) in [7, 11) is 3.27. The van der Waals surface area contributed by atoms with E-state index in [4.69, 9.17) is 19.2 Å². The monoisotopic (exact) mass is 555 g/mol. The van der Waals surface area contributed by atoms with Crippen LogP contribution in [0.25, 0.3) is 0 Å². The number of rotatable bonds is 8. The van der Waals surface area contributed by atoms with Crippen molar-refractivity contribution < 1.29 is 14.2 Å². The van der Waals surface area contributed by atoms with Gasteiger partial charge in [-0.25, -0.2) is 9.98 Å². The minimum absolute atomic E-state index is 0. The van der Waals surface area contributed by atoms with Crippen LogP contribution in [0.2, 0.25) is 0 Å². The van der Waals surface area contributed by atoms with Crippen molar-refractivity contribution in [2.75, 3.05) is 45.4 Å². The first kappa shape index (κ1) is 26.0. The number of morpholine rings is 1. The molecule has 2 N–H and O–H groups in total. The summed E-state index contributed by atoms with van der Waals surface area (Å²) >= 11 is 0. The molecule has 2 aromatic rings. The Hall–Kier alpha value is -2.27. The second-order valence-electron chi connectivity index (χ2n) is 7.39. The minimum atomic E-state index is 0. The fourth-order valence-corrected chi connectivity index (χ4v) is 3.41. The Morgan fingerprint density at radius 3 is 2.59 bits per heavy atom. The third-order valence-corrected chi connectivity index (χ3v) is 5.05. The number of hydrogen-bond donors (Lipinski definition) is 2. The number of guanidine groups is 1. The number of aliphatic imine (C=N–C) groups is 1. The van der Waals surface area contributed by atoms with Crippen LogP contribution in [0, 0.1) is 0 Å². The Morgan fingerprint density at radius 2 is 1.94 bits per heavy atom. The van der Waals surface area contributed by atoms with Crippen molar-refractivity contribution in [2.24, 2.45) is 4.99 Å². The molecule has 0 aliphatic carbocycles. The summed E-state index contributed by atoms with van der Waals surface area (Å²) in [5.74, 6) is 3.17. The average molecular weight is 555 g/mol. The molecule has 2 heterocycles. The number of nitrogens with one attached hydrogen (secondary N) is 2. The van der Waals surface area contributed by atoms with Gasteiger partial charge < -0.3 is 29.7 Å². The predicted molar refractivity (Wildman–Crippen MR) is 138 cm³/mol. The molecular formula is C23H34IN5O3. The molecule has 1 atom stereocenters. The first-order chi connectivity index (χ1) is 15.1. The van der Waals surface area contributed by atoms with Crippen LogP contribution in [0.15, 0.2) is 41.5 Å². The largest absolute Gasteiger partial charge is 0.493 e. The maximum Gasteiger partial charge on any atom is 0.191 e. The van der Waals surface area contributed by atoms with Crippen molar-refractivity contribution in [3.8, 4) is 11.5 Å². The van der Waals surface area contributed by atoms with Crippen molar-refractivity contribution in [1.82, 2.24) is 15.6 Å². The molecule has 0 saturated carbocycles. The molecule has 32 heavy (non-hydrogen) atoms. The fourth-order valence-electron chi connectivity index (χ4n) is 3.41. The van der Waals surface area contributed by atoms with Crippen molar-refractivity contribution in [2.45, 2.75) is 33.0 Å². The topological polar surface area (TPSA) is 80.2 Å². The van der Waals surface area contributed by atoms with Gasteiger partial charge in [-0.1, -0.05) is 12.1 Å². The summed E-state index contributed by atoms with van der Waals surface area (Å²) < 4.78 is 16.3. The van der Waals surface area contributed by atoms with E-state index in [-0.39, 0.29) is 30.1 Å². The SMILES string of the molecule is CCNC(=NCc1ccc(N2CCOC(C)C2)nc1)NCc1ccc(OC)c(OC)c1.I. The third-order valence-electron chi connectivity index (χ3n) is 5.05. The number of aromatic nitrogens is 1. The molecule has 1 aromatic carbocycles. The highest BCUT2D eigenvalue weighted by molar-refractivity contribution is 14.0. The van der Waals surface area contributed by atoms with E-state index in [1.54, 1.807) is 14.2 Å². The predicted octanol–water partition coefficient (Wildman–Crippen LogP) is 3.20. The van der Waals surface area contributed by atoms with Crippen molar-refractivity contribution in [1.29, 1.82) is 0 Å². The smallest absolute Gasteiger partial charge is 0.191 e. The van der Waals surface area contributed by atoms with E-state index in [2.05, 4.69) is 39.6 Å². The summed E-state index contributed by atoms with van der Waals surface area (Å²) in [6, 6.07) is 10.0. The minimum Gasteiger partial charge on any atom is -0.493 e. The number of pyridine rings is 1. The van der Waals surface area contributed by atoms with Gasteiger partial charge in [-0.05, 0) is 43.2 Å². The third kappa shape index (κ3) is 7.40. The molecule has 0 spiro atoms. The van der Waals surface area contributed by atoms with Gasteiger partial charge in [0.1, 0.15) is 5.82 Å². The van der Waals surface area contributed by atoms with Crippen LogP contribution in [0.1, 0.15) is 25.0 Å². The molecular weight excluding hydrogens is 521 g/mol. The maximum atomic E-state index is 5.61. The highest BCUT2D eigenvalue weighted by Crippen LogP contribution is 2.27. The van der Waals surface area contributed by atoms with E-state index in [0.29, 0.717) is 24.6 Å². The van der Waals surface area contributed by atoms with Gasteiger partial charge in [0, 0.05) is 32.4 Å². The van der Waals surface area contributed by atoms with Crippen LogP contribution in [-0.2, 0) is 17.8 Å². The Balaban J connectivity index is 0.00000363. The van der Waals surface area contributed by atoms with E-state index in [0.717, 1.165) is 49.1 Å². The normalized spacial score (nSPS) is 16.2. The van der Waals surface area contributed by atoms with Crippen LogP contribution < -0.4 is 25.0 Å². The number of ether oxygens (including phenoxy) is 3. The standard InChI is InChI=1S/C23H33N5O3.HI/c1-5-24-23(26-13-18-6-8-20(29-3)21(12-18)30-4)27-15-19-7-9-22(25-14-19)28-10-11-31-17(2)16-28;/h6-9,12,14,17H,5,10-11,13,15-16H2,1-4H3,(H2,24,26,27);1H. The molecule has 1 aliphatic rings. The molecule has 176 valence electrons. The van der Waals surface area contributed by atoms with E-state index < -0.39 is 0 Å². The van der Waals surface area contributed by atoms with Gasteiger partial charge in [-0.3, -0.25) is 0 Å². The van der Waals surface area contributed by atoms with Crippen molar-refractivity contribution in [3.63, 3.8) is 0 Å². The van der Waals surface area contributed by atoms with Crippen LogP contribution >= 0.6 is 24.0 Å². The van der Waals surface area contributed by atoms with Gasteiger partial charge in [0.15, 0.2) is 17.5 Å². The zero-order chi connectivity index (χ0) is 22.1. The molecule has 1 unspecified atom stereocenters. The highest BCUT2D eigenvalue weighted by atomic mass is 127. The lowest BCUT2D eigenvalue weighted by Gasteiger charge is -2.32. The Morgan fingerprint density at radius 1 is 1.16 bits per heavy atom. The first-order valence-corrected chi connectivity index (χ1v) is 10.7. The van der Waals surface area contributed by atoms with E-state index in [1.807, 2.05) is 31.3 Å². The quantitative estimate of drug-likeness (QED) is 0.294. The molecule has 1 fully saturated rings. The van der Waals surface area contributed by atoms with Gasteiger partial charge in [0.05, 0.1) is 33.5 Å². The van der Waals surface area contributed by atoms with Gasteiger partial charge in [0.2, 0.25) is 0 Å². The highest BCUT2D eigenvalue weighted by Gasteiger charge is 2.17. The van der Waals surface area contributed by atoms with Crippen LogP contribution in [0.4, 0.5) is 5.82 Å². The van der Waals surface area contributed by atoms with Crippen LogP contribution in [-0.4, -0.2) is 57.5 Å². The van der Waals surface area contributed by atoms with Crippen molar-refractivity contribution >= 4 is 35.8 Å². The Kier molecular flexibility index (Phi) is 10.8. The number of halogens is 1. The molecule has 1 saturated heterocycles. The molecule has 9 heteroatoms. The fraction of sp³-hybridized carbons (Fsp3) is 0.478. The zero-order valence-corrected chi connectivity index (χ0v) is 21.6. The molecule has 0 amide bonds. The van der Waals surface area contributed by atoms with E-state index >= 15 is 0 Å². The zero-order valence-electron chi connectivity index (χ0n) is 19.3. The van der Waals surface area contributed by atoms with Crippen molar-refractivity contribution in [3.05, 3.63) is 47.7 Å². The molecule has 0 radical (unpaired) electrons. The maximum absolute atomic E-state index is 5.61. The van der Waals surface area contributed by atoms with Crippen LogP contribution in [0.3, 0.4) is 0 Å². The summed E-state index contributed by atoms with van der Waals surface area (Å²) in [5, 5.41) is 6.65. The molecule has 0 bridgehead atoms.